The second kappa shape index (κ2) is 5.50. The summed E-state index contributed by atoms with van der Waals surface area (Å²) in [5.41, 5.74) is 2.48. The third kappa shape index (κ3) is 2.99. The maximum Gasteiger partial charge on any atom is 0.337 e. The summed E-state index contributed by atoms with van der Waals surface area (Å²) in [6.07, 6.45) is 0. The highest BCUT2D eigenvalue weighted by atomic mass is 79.9. The van der Waals surface area contributed by atoms with Crippen LogP contribution in [0.25, 0.3) is 0 Å². The minimum Gasteiger partial charge on any atom is -0.478 e. The molecule has 0 fully saturated rings. The van der Waals surface area contributed by atoms with Gasteiger partial charge in [-0.2, -0.15) is 0 Å². The Morgan fingerprint density at radius 2 is 2.16 bits per heavy atom. The Bertz CT molecular complexity index is 654. The number of amides is 1. The lowest BCUT2D eigenvalue weighted by Gasteiger charge is -2.08. The number of nitrogens with zero attached hydrogens (tertiary/aromatic N) is 1. The molecule has 1 aromatic carbocycles. The lowest BCUT2D eigenvalue weighted by Crippen LogP contribution is -2.14. The van der Waals surface area contributed by atoms with Gasteiger partial charge in [0.2, 0.25) is 0 Å². The molecule has 1 amide bonds. The smallest absolute Gasteiger partial charge is 0.337 e. The van der Waals surface area contributed by atoms with E-state index in [0.717, 1.165) is 0 Å². The Hall–Kier alpha value is -1.73. The van der Waals surface area contributed by atoms with Crippen LogP contribution in [0.3, 0.4) is 0 Å². The fraction of sp³-hybridized carbons (Fsp3) is 0.0833. The molecule has 0 atom stereocenters. The van der Waals surface area contributed by atoms with E-state index in [1.807, 2.05) is 0 Å². The number of halogens is 1. The van der Waals surface area contributed by atoms with Crippen molar-refractivity contribution in [3.05, 3.63) is 44.3 Å². The van der Waals surface area contributed by atoms with Crippen LogP contribution in [0.5, 0.6) is 0 Å². The summed E-state index contributed by atoms with van der Waals surface area (Å²) in [5.74, 6) is -1.45. The number of aryl methyl sites for hydroxylation is 1. The van der Waals surface area contributed by atoms with E-state index in [2.05, 4.69) is 26.2 Å². The number of anilines is 1. The molecule has 1 aromatic heterocycles. The highest BCUT2D eigenvalue weighted by Gasteiger charge is 2.16. The van der Waals surface area contributed by atoms with Gasteiger partial charge in [-0.05, 0) is 25.1 Å². The van der Waals surface area contributed by atoms with Crippen LogP contribution in [0.1, 0.15) is 25.7 Å². The van der Waals surface area contributed by atoms with Crippen molar-refractivity contribution in [2.24, 2.45) is 0 Å². The van der Waals surface area contributed by atoms with E-state index in [1.54, 1.807) is 24.6 Å². The molecule has 7 heteroatoms. The predicted octanol–water partition coefficient (Wildman–Crippen LogP) is 3.16. The Balaban J connectivity index is 2.33. The van der Waals surface area contributed by atoms with Crippen LogP contribution in [-0.4, -0.2) is 22.0 Å². The molecule has 0 saturated heterocycles. The number of nitrogens with one attached hydrogen (secondary N) is 1. The average Bonchev–Trinajstić information content (AvgIpc) is 2.75. The quantitative estimate of drug-likeness (QED) is 0.899. The molecule has 0 spiro atoms. The number of hydrogen-bond acceptors (Lipinski definition) is 4. The lowest BCUT2D eigenvalue weighted by molar-refractivity contribution is 0.0698. The van der Waals surface area contributed by atoms with Gasteiger partial charge in [0.1, 0.15) is 4.88 Å². The first-order valence-electron chi connectivity index (χ1n) is 5.23. The van der Waals surface area contributed by atoms with E-state index in [0.29, 0.717) is 15.0 Å². The molecule has 0 aliphatic heterocycles. The molecule has 2 N–H and O–H groups in total. The summed E-state index contributed by atoms with van der Waals surface area (Å²) >= 11 is 4.46. The number of thiazole rings is 1. The van der Waals surface area contributed by atoms with Crippen LogP contribution < -0.4 is 5.32 Å². The standard InChI is InChI=1S/C12H9BrN2O3S/c1-6-10(19-5-14-6)11(16)15-9-4-7(13)2-3-8(9)12(17)18/h2-5H,1H3,(H,15,16)(H,17,18). The molecule has 0 saturated carbocycles. The number of rotatable bonds is 3. The maximum atomic E-state index is 12.0. The van der Waals surface area contributed by atoms with Crippen molar-refractivity contribution in [3.63, 3.8) is 0 Å². The number of carboxylic acids is 1. The monoisotopic (exact) mass is 340 g/mol. The molecule has 98 valence electrons. The van der Waals surface area contributed by atoms with Crippen molar-refractivity contribution in [2.75, 3.05) is 5.32 Å². The van der Waals surface area contributed by atoms with E-state index in [-0.39, 0.29) is 17.2 Å². The fourth-order valence-electron chi connectivity index (χ4n) is 1.51. The van der Waals surface area contributed by atoms with E-state index in [4.69, 9.17) is 5.11 Å². The third-order valence-corrected chi connectivity index (χ3v) is 3.83. The summed E-state index contributed by atoms with van der Waals surface area (Å²) in [5, 5.41) is 11.7. The SMILES string of the molecule is Cc1ncsc1C(=O)Nc1cc(Br)ccc1C(=O)O. The van der Waals surface area contributed by atoms with Crippen molar-refractivity contribution in [1.29, 1.82) is 0 Å². The molecule has 0 unspecified atom stereocenters. The zero-order valence-electron chi connectivity index (χ0n) is 9.81. The first kappa shape index (κ1) is 13.7. The van der Waals surface area contributed by atoms with Gasteiger partial charge in [0.25, 0.3) is 5.91 Å². The average molecular weight is 341 g/mol. The molecular formula is C12H9BrN2O3S. The summed E-state index contributed by atoms with van der Waals surface area (Å²) in [7, 11) is 0. The van der Waals surface area contributed by atoms with E-state index < -0.39 is 5.97 Å². The van der Waals surface area contributed by atoms with Gasteiger partial charge >= 0.3 is 5.97 Å². The topological polar surface area (TPSA) is 79.3 Å². The summed E-state index contributed by atoms with van der Waals surface area (Å²) in [4.78, 5) is 27.6. The van der Waals surface area contributed by atoms with Gasteiger partial charge < -0.3 is 10.4 Å². The lowest BCUT2D eigenvalue weighted by atomic mass is 10.2. The normalized spacial score (nSPS) is 10.2. The van der Waals surface area contributed by atoms with Crippen LogP contribution in [0.15, 0.2) is 28.2 Å². The summed E-state index contributed by atoms with van der Waals surface area (Å²) in [6, 6.07) is 4.59. The first-order chi connectivity index (χ1) is 8.99. The largest absolute Gasteiger partial charge is 0.478 e. The summed E-state index contributed by atoms with van der Waals surface area (Å²) in [6.45, 7) is 1.73. The van der Waals surface area contributed by atoms with E-state index >= 15 is 0 Å². The van der Waals surface area contributed by atoms with Crippen LogP contribution in [0.4, 0.5) is 5.69 Å². The van der Waals surface area contributed by atoms with Gasteiger partial charge in [-0.1, -0.05) is 15.9 Å². The number of aromatic carboxylic acids is 1. The number of aromatic nitrogens is 1. The molecule has 0 aliphatic rings. The number of benzene rings is 1. The van der Waals surface area contributed by atoms with Crippen molar-refractivity contribution >= 4 is 44.8 Å². The van der Waals surface area contributed by atoms with Crippen LogP contribution in [0.2, 0.25) is 0 Å². The molecule has 2 rings (SSSR count). The third-order valence-electron chi connectivity index (χ3n) is 2.41. The first-order valence-corrected chi connectivity index (χ1v) is 6.90. The minimum atomic E-state index is -1.09. The predicted molar refractivity (Wildman–Crippen MR) is 75.9 cm³/mol. The Kier molecular flexibility index (Phi) is 3.96. The van der Waals surface area contributed by atoms with Crippen LogP contribution >= 0.6 is 27.3 Å². The van der Waals surface area contributed by atoms with Crippen molar-refractivity contribution < 1.29 is 14.7 Å². The number of carboxylic acid groups (broad SMARTS) is 1. The van der Waals surface area contributed by atoms with Crippen molar-refractivity contribution in [2.45, 2.75) is 6.92 Å². The van der Waals surface area contributed by atoms with Crippen molar-refractivity contribution in [3.8, 4) is 0 Å². The molecule has 1 heterocycles. The zero-order valence-corrected chi connectivity index (χ0v) is 12.2. The molecule has 5 nitrogen and oxygen atoms in total. The van der Waals surface area contributed by atoms with Gasteiger partial charge in [-0.3, -0.25) is 4.79 Å². The second-order valence-corrected chi connectivity index (χ2v) is 5.49. The van der Waals surface area contributed by atoms with Gasteiger partial charge in [-0.25, -0.2) is 9.78 Å². The van der Waals surface area contributed by atoms with Gasteiger partial charge in [-0.15, -0.1) is 11.3 Å². The van der Waals surface area contributed by atoms with E-state index in [1.165, 1.54) is 17.4 Å². The Morgan fingerprint density at radius 1 is 1.42 bits per heavy atom. The Morgan fingerprint density at radius 3 is 2.74 bits per heavy atom. The van der Waals surface area contributed by atoms with Gasteiger partial charge in [0, 0.05) is 4.47 Å². The molecule has 2 aromatic rings. The molecule has 0 aliphatic carbocycles. The molecule has 0 radical (unpaired) electrons. The fourth-order valence-corrected chi connectivity index (χ4v) is 2.56. The minimum absolute atomic E-state index is 0.0405. The van der Waals surface area contributed by atoms with Crippen molar-refractivity contribution in [1.82, 2.24) is 4.98 Å². The zero-order chi connectivity index (χ0) is 14.0. The van der Waals surface area contributed by atoms with Gasteiger partial charge in [0.05, 0.1) is 22.5 Å². The number of carbonyl (C=O) groups excluding carboxylic acids is 1. The molecule has 19 heavy (non-hydrogen) atoms. The second-order valence-electron chi connectivity index (χ2n) is 3.72. The highest BCUT2D eigenvalue weighted by molar-refractivity contribution is 9.10. The number of carbonyl (C=O) groups is 2. The van der Waals surface area contributed by atoms with E-state index in [9.17, 15) is 9.59 Å². The van der Waals surface area contributed by atoms with Gasteiger partial charge in [0.15, 0.2) is 0 Å². The molecular weight excluding hydrogens is 332 g/mol. The van der Waals surface area contributed by atoms with Crippen LogP contribution in [0, 0.1) is 6.92 Å². The Labute approximate surface area is 121 Å². The number of hydrogen-bond donors (Lipinski definition) is 2. The highest BCUT2D eigenvalue weighted by Crippen LogP contribution is 2.23. The summed E-state index contributed by atoms with van der Waals surface area (Å²) < 4.78 is 0.689. The molecule has 0 bridgehead atoms. The van der Waals surface area contributed by atoms with Crippen LogP contribution in [-0.2, 0) is 0 Å². The maximum absolute atomic E-state index is 12.0.